The number of nitrogens with one attached hydrogen (secondary N) is 1. The molecule has 0 unspecified atom stereocenters. The van der Waals surface area contributed by atoms with E-state index in [0.29, 0.717) is 23.0 Å². The lowest BCUT2D eigenvalue weighted by Crippen LogP contribution is -2.20. The highest BCUT2D eigenvalue weighted by Gasteiger charge is 2.17. The highest BCUT2D eigenvalue weighted by molar-refractivity contribution is 6.31. The number of carbonyl (C=O) groups excluding carboxylic acids is 1. The molecule has 35 heavy (non-hydrogen) atoms. The molecule has 0 spiro atoms. The van der Waals surface area contributed by atoms with Gasteiger partial charge < -0.3 is 5.32 Å². The van der Waals surface area contributed by atoms with Crippen molar-refractivity contribution in [2.45, 2.75) is 26.9 Å². The van der Waals surface area contributed by atoms with Gasteiger partial charge >= 0.3 is 0 Å². The Hall–Kier alpha value is -4.04. The van der Waals surface area contributed by atoms with E-state index in [0.717, 1.165) is 33.5 Å². The van der Waals surface area contributed by atoms with Crippen molar-refractivity contribution in [2.75, 3.05) is 5.32 Å². The Kier molecular flexibility index (Phi) is 6.05. The Morgan fingerprint density at radius 3 is 2.60 bits per heavy atom. The van der Waals surface area contributed by atoms with Crippen LogP contribution in [0.15, 0.2) is 66.9 Å². The second-order valence-corrected chi connectivity index (χ2v) is 8.69. The summed E-state index contributed by atoms with van der Waals surface area (Å²) in [7, 11) is 0. The van der Waals surface area contributed by atoms with Gasteiger partial charge in [0.2, 0.25) is 5.91 Å². The fourth-order valence-corrected chi connectivity index (χ4v) is 4.34. The smallest absolute Gasteiger partial charge is 0.247 e. The molecular weight excluding hydrogens is 467 g/mol. The number of pyridine rings is 1. The number of carbonyl (C=O) groups is 1. The fourth-order valence-electron chi connectivity index (χ4n) is 4.11. The molecule has 5 aromatic rings. The predicted octanol–water partition coefficient (Wildman–Crippen LogP) is 5.39. The SMILES string of the molecule is Cc1nn(CC(=O)Nc2cc(C)n(Cc3ccc(F)cc3Cl)n2)c2nccc(-c3ccccc3)c12. The van der Waals surface area contributed by atoms with E-state index in [-0.39, 0.29) is 12.5 Å². The van der Waals surface area contributed by atoms with Crippen LogP contribution in [0.2, 0.25) is 5.02 Å². The van der Waals surface area contributed by atoms with Crippen LogP contribution in [-0.2, 0) is 17.9 Å². The van der Waals surface area contributed by atoms with E-state index in [9.17, 15) is 9.18 Å². The highest BCUT2D eigenvalue weighted by Crippen LogP contribution is 2.29. The van der Waals surface area contributed by atoms with Crippen LogP contribution < -0.4 is 5.32 Å². The van der Waals surface area contributed by atoms with E-state index in [2.05, 4.69) is 20.5 Å². The standard InChI is InChI=1S/C26H22ClFN6O/c1-16-12-23(32-33(16)14-19-8-9-20(28)13-22(19)27)30-24(35)15-34-26-25(17(2)31-34)21(10-11-29-26)18-6-4-3-5-7-18/h3-13H,14-15H2,1-2H3,(H,30,32,35). The zero-order valence-electron chi connectivity index (χ0n) is 19.2. The highest BCUT2D eigenvalue weighted by atomic mass is 35.5. The first-order valence-electron chi connectivity index (χ1n) is 11.0. The van der Waals surface area contributed by atoms with Crippen LogP contribution >= 0.6 is 11.6 Å². The third kappa shape index (κ3) is 4.65. The molecule has 0 radical (unpaired) electrons. The van der Waals surface area contributed by atoms with Gasteiger partial charge in [0.05, 0.1) is 12.2 Å². The summed E-state index contributed by atoms with van der Waals surface area (Å²) < 4.78 is 16.6. The van der Waals surface area contributed by atoms with Gasteiger partial charge in [-0.1, -0.05) is 48.0 Å². The van der Waals surface area contributed by atoms with Crippen molar-refractivity contribution < 1.29 is 9.18 Å². The van der Waals surface area contributed by atoms with Crippen LogP contribution in [0, 0.1) is 19.7 Å². The molecule has 1 amide bonds. The van der Waals surface area contributed by atoms with Crippen LogP contribution in [0.1, 0.15) is 17.0 Å². The first kappa shape index (κ1) is 22.7. The molecule has 176 valence electrons. The molecule has 3 heterocycles. The molecule has 9 heteroatoms. The van der Waals surface area contributed by atoms with Gasteiger partial charge in [-0.25, -0.2) is 14.1 Å². The number of nitrogens with zero attached hydrogens (tertiary/aromatic N) is 5. The number of rotatable bonds is 6. The summed E-state index contributed by atoms with van der Waals surface area (Å²) >= 11 is 6.15. The number of aromatic nitrogens is 5. The molecule has 0 aliphatic rings. The minimum absolute atomic E-state index is 0.00865. The maximum atomic E-state index is 13.3. The number of fused-ring (bicyclic) bond motifs is 1. The zero-order valence-corrected chi connectivity index (χ0v) is 19.9. The molecule has 0 aliphatic carbocycles. The van der Waals surface area contributed by atoms with E-state index < -0.39 is 5.82 Å². The van der Waals surface area contributed by atoms with Crippen molar-refractivity contribution in [3.63, 3.8) is 0 Å². The van der Waals surface area contributed by atoms with Gasteiger partial charge in [0.15, 0.2) is 11.5 Å². The maximum Gasteiger partial charge on any atom is 0.247 e. The third-order valence-corrected chi connectivity index (χ3v) is 6.12. The number of hydrogen-bond donors (Lipinski definition) is 1. The fraction of sp³-hybridized carbons (Fsp3) is 0.154. The Bertz CT molecular complexity index is 1540. The van der Waals surface area contributed by atoms with Crippen molar-refractivity contribution in [1.82, 2.24) is 24.5 Å². The number of benzene rings is 2. The average molecular weight is 489 g/mol. The lowest BCUT2D eigenvalue weighted by atomic mass is 10.0. The largest absolute Gasteiger partial charge is 0.308 e. The molecule has 5 rings (SSSR count). The molecule has 0 saturated heterocycles. The van der Waals surface area contributed by atoms with Crippen LogP contribution in [0.3, 0.4) is 0 Å². The Morgan fingerprint density at radius 1 is 1.03 bits per heavy atom. The van der Waals surface area contributed by atoms with Gasteiger partial charge in [-0.3, -0.25) is 9.48 Å². The van der Waals surface area contributed by atoms with E-state index in [4.69, 9.17) is 11.6 Å². The molecule has 0 aliphatic heterocycles. The Balaban J connectivity index is 1.35. The summed E-state index contributed by atoms with van der Waals surface area (Å²) in [6.07, 6.45) is 1.73. The topological polar surface area (TPSA) is 77.6 Å². The minimum Gasteiger partial charge on any atom is -0.308 e. The van der Waals surface area contributed by atoms with Crippen LogP contribution in [-0.4, -0.2) is 30.5 Å². The van der Waals surface area contributed by atoms with Crippen molar-refractivity contribution >= 4 is 34.4 Å². The first-order valence-corrected chi connectivity index (χ1v) is 11.4. The predicted molar refractivity (Wildman–Crippen MR) is 134 cm³/mol. The van der Waals surface area contributed by atoms with E-state index in [1.165, 1.54) is 12.1 Å². The third-order valence-electron chi connectivity index (χ3n) is 5.77. The number of hydrogen-bond acceptors (Lipinski definition) is 4. The first-order chi connectivity index (χ1) is 16.9. The van der Waals surface area contributed by atoms with Crippen LogP contribution in [0.25, 0.3) is 22.2 Å². The van der Waals surface area contributed by atoms with Crippen LogP contribution in [0.4, 0.5) is 10.2 Å². The summed E-state index contributed by atoms with van der Waals surface area (Å²) in [5.74, 6) is -0.252. The molecule has 7 nitrogen and oxygen atoms in total. The van der Waals surface area contributed by atoms with Crippen molar-refractivity contribution in [2.24, 2.45) is 0 Å². The van der Waals surface area contributed by atoms with Crippen molar-refractivity contribution in [1.29, 1.82) is 0 Å². The molecule has 2 aromatic carbocycles. The minimum atomic E-state index is -0.393. The summed E-state index contributed by atoms with van der Waals surface area (Å²) in [6, 6.07) is 18.0. The quantitative estimate of drug-likeness (QED) is 0.347. The molecule has 0 atom stereocenters. The molecule has 0 saturated carbocycles. The van der Waals surface area contributed by atoms with E-state index in [1.807, 2.05) is 50.2 Å². The van der Waals surface area contributed by atoms with Gasteiger partial charge in [-0.2, -0.15) is 10.2 Å². The lowest BCUT2D eigenvalue weighted by molar-refractivity contribution is -0.116. The monoisotopic (exact) mass is 488 g/mol. The van der Waals surface area contributed by atoms with Gasteiger partial charge in [-0.15, -0.1) is 0 Å². The van der Waals surface area contributed by atoms with E-state index in [1.54, 1.807) is 27.7 Å². The molecule has 3 aromatic heterocycles. The number of aryl methyl sites for hydroxylation is 2. The van der Waals surface area contributed by atoms with Gasteiger partial charge in [0, 0.05) is 28.4 Å². The Morgan fingerprint density at radius 2 is 1.83 bits per heavy atom. The maximum absolute atomic E-state index is 13.3. The Labute approximate surface area is 206 Å². The van der Waals surface area contributed by atoms with Gasteiger partial charge in [0.1, 0.15) is 12.4 Å². The second-order valence-electron chi connectivity index (χ2n) is 8.28. The molecule has 0 fully saturated rings. The lowest BCUT2D eigenvalue weighted by Gasteiger charge is -2.07. The number of amides is 1. The summed E-state index contributed by atoms with van der Waals surface area (Å²) in [6.45, 7) is 4.14. The molecule has 0 bridgehead atoms. The zero-order chi connectivity index (χ0) is 24.5. The molecule has 1 N–H and O–H groups in total. The van der Waals surface area contributed by atoms with Gasteiger partial charge in [-0.05, 0) is 48.7 Å². The number of anilines is 1. The number of halogens is 2. The summed E-state index contributed by atoms with van der Waals surface area (Å²) in [4.78, 5) is 17.3. The normalized spacial score (nSPS) is 11.2. The summed E-state index contributed by atoms with van der Waals surface area (Å²) in [5, 5.41) is 13.1. The second kappa shape index (κ2) is 9.31. The van der Waals surface area contributed by atoms with E-state index >= 15 is 0 Å². The van der Waals surface area contributed by atoms with Crippen molar-refractivity contribution in [3.8, 4) is 11.1 Å². The average Bonchev–Trinajstić information content (AvgIpc) is 3.34. The summed E-state index contributed by atoms with van der Waals surface area (Å²) in [5.41, 5.74) is 5.09. The van der Waals surface area contributed by atoms with Crippen LogP contribution in [0.5, 0.6) is 0 Å². The molecular formula is C26H22ClFN6O. The van der Waals surface area contributed by atoms with Crippen molar-refractivity contribution in [3.05, 3.63) is 94.7 Å². The van der Waals surface area contributed by atoms with Gasteiger partial charge in [0.25, 0.3) is 0 Å².